The molecule has 5 nitrogen and oxygen atoms in total. The highest BCUT2D eigenvalue weighted by molar-refractivity contribution is 7.13. The summed E-state index contributed by atoms with van der Waals surface area (Å²) >= 11 is 1.35. The lowest BCUT2D eigenvalue weighted by Crippen LogP contribution is -2.44. The maximum atomic E-state index is 12.9. The molecule has 2 aromatic rings. The molecule has 7 heteroatoms. The minimum absolute atomic E-state index is 0.00813. The Labute approximate surface area is 137 Å². The van der Waals surface area contributed by atoms with Crippen LogP contribution in [0.25, 0.3) is 10.6 Å². The fourth-order valence-corrected chi connectivity index (χ4v) is 2.84. The van der Waals surface area contributed by atoms with Crippen LogP contribution < -0.4 is 5.32 Å². The number of hydrogen-bond acceptors (Lipinski definition) is 4. The quantitative estimate of drug-likeness (QED) is 0.850. The first kappa shape index (κ1) is 17.1. The van der Waals surface area contributed by atoms with Crippen molar-refractivity contribution in [3.8, 4) is 10.6 Å². The van der Waals surface area contributed by atoms with Crippen LogP contribution in [0.2, 0.25) is 0 Å². The molecule has 0 aliphatic rings. The van der Waals surface area contributed by atoms with Crippen molar-refractivity contribution in [2.24, 2.45) is 5.92 Å². The van der Waals surface area contributed by atoms with Crippen LogP contribution >= 0.6 is 11.3 Å². The van der Waals surface area contributed by atoms with Crippen molar-refractivity contribution in [1.29, 1.82) is 0 Å². The van der Waals surface area contributed by atoms with Crippen LogP contribution in [0.5, 0.6) is 0 Å². The number of benzene rings is 1. The molecule has 0 unspecified atom stereocenters. The third-order valence-electron chi connectivity index (χ3n) is 3.23. The molecular formula is C16H17FN2O3S. The fraction of sp³-hybridized carbons (Fsp3) is 0.312. The van der Waals surface area contributed by atoms with Gasteiger partial charge in [-0.3, -0.25) is 4.79 Å². The van der Waals surface area contributed by atoms with E-state index in [1.54, 1.807) is 31.4 Å². The first-order valence-electron chi connectivity index (χ1n) is 7.09. The fourth-order valence-electron chi connectivity index (χ4n) is 2.02. The number of amides is 1. The highest BCUT2D eigenvalue weighted by Crippen LogP contribution is 2.24. The van der Waals surface area contributed by atoms with Gasteiger partial charge in [0.1, 0.15) is 16.9 Å². The highest BCUT2D eigenvalue weighted by atomic mass is 32.1. The van der Waals surface area contributed by atoms with E-state index in [1.165, 1.54) is 23.5 Å². The Morgan fingerprint density at radius 3 is 2.52 bits per heavy atom. The molecule has 1 amide bonds. The van der Waals surface area contributed by atoms with Crippen LogP contribution in [0.4, 0.5) is 4.39 Å². The molecule has 0 saturated heterocycles. The average molecular weight is 336 g/mol. The zero-order valence-corrected chi connectivity index (χ0v) is 13.6. The highest BCUT2D eigenvalue weighted by Gasteiger charge is 2.23. The van der Waals surface area contributed by atoms with Gasteiger partial charge in [-0.25, -0.2) is 14.2 Å². The lowest BCUT2D eigenvalue weighted by atomic mass is 10.0. The standard InChI is InChI=1S/C16H17FN2O3S/c1-9(2)14(16(21)22)19-13(20)7-12-8-23-15(18-12)10-3-5-11(17)6-4-10/h3-6,8-9,14H,7H2,1-2H3,(H,19,20)(H,21,22)/t14-/m0/s1. The van der Waals surface area contributed by atoms with E-state index in [0.717, 1.165) is 5.56 Å². The third kappa shape index (κ3) is 4.59. The number of nitrogens with zero attached hydrogens (tertiary/aromatic N) is 1. The molecule has 122 valence electrons. The van der Waals surface area contributed by atoms with Crippen LogP contribution in [-0.4, -0.2) is 28.0 Å². The summed E-state index contributed by atoms with van der Waals surface area (Å²) in [5, 5.41) is 14.0. The molecule has 2 rings (SSSR count). The van der Waals surface area contributed by atoms with Gasteiger partial charge >= 0.3 is 5.97 Å². The molecule has 0 bridgehead atoms. The maximum Gasteiger partial charge on any atom is 0.326 e. The number of rotatable bonds is 6. The van der Waals surface area contributed by atoms with E-state index in [4.69, 9.17) is 5.11 Å². The summed E-state index contributed by atoms with van der Waals surface area (Å²) in [4.78, 5) is 27.4. The Kier molecular flexibility index (Phi) is 5.44. The second-order valence-corrected chi connectivity index (χ2v) is 6.31. The monoisotopic (exact) mass is 336 g/mol. The summed E-state index contributed by atoms with van der Waals surface area (Å²) in [6.45, 7) is 3.46. The topological polar surface area (TPSA) is 79.3 Å². The summed E-state index contributed by atoms with van der Waals surface area (Å²) in [6.07, 6.45) is 0.00813. The Morgan fingerprint density at radius 2 is 1.96 bits per heavy atom. The number of thiazole rings is 1. The zero-order valence-electron chi connectivity index (χ0n) is 12.7. The summed E-state index contributed by atoms with van der Waals surface area (Å²) in [6, 6.07) is 5.03. The Hall–Kier alpha value is -2.28. The van der Waals surface area contributed by atoms with Crippen LogP contribution in [0, 0.1) is 11.7 Å². The predicted octanol–water partition coefficient (Wildman–Crippen LogP) is 2.72. The van der Waals surface area contributed by atoms with Gasteiger partial charge in [0.25, 0.3) is 0 Å². The number of aliphatic carboxylic acids is 1. The van der Waals surface area contributed by atoms with E-state index in [0.29, 0.717) is 10.7 Å². The van der Waals surface area contributed by atoms with E-state index in [9.17, 15) is 14.0 Å². The van der Waals surface area contributed by atoms with Gasteiger partial charge in [0.2, 0.25) is 5.91 Å². The minimum Gasteiger partial charge on any atom is -0.480 e. The van der Waals surface area contributed by atoms with Crippen LogP contribution in [0.15, 0.2) is 29.6 Å². The summed E-state index contributed by atoms with van der Waals surface area (Å²) < 4.78 is 12.9. The van der Waals surface area contributed by atoms with Gasteiger partial charge in [-0.2, -0.15) is 0 Å². The summed E-state index contributed by atoms with van der Waals surface area (Å²) in [7, 11) is 0. The van der Waals surface area contributed by atoms with Gasteiger partial charge in [-0.05, 0) is 30.2 Å². The molecule has 1 atom stereocenters. The second kappa shape index (κ2) is 7.32. The van der Waals surface area contributed by atoms with E-state index >= 15 is 0 Å². The number of carbonyl (C=O) groups excluding carboxylic acids is 1. The van der Waals surface area contributed by atoms with E-state index in [-0.39, 0.29) is 24.1 Å². The molecule has 1 aromatic heterocycles. The number of halogens is 1. The van der Waals surface area contributed by atoms with E-state index in [1.807, 2.05) is 0 Å². The van der Waals surface area contributed by atoms with Gasteiger partial charge in [0.05, 0.1) is 12.1 Å². The van der Waals surface area contributed by atoms with Crippen LogP contribution in [-0.2, 0) is 16.0 Å². The maximum absolute atomic E-state index is 12.9. The second-order valence-electron chi connectivity index (χ2n) is 5.46. The smallest absolute Gasteiger partial charge is 0.326 e. The number of nitrogens with one attached hydrogen (secondary N) is 1. The number of hydrogen-bond donors (Lipinski definition) is 2. The number of carboxylic acid groups (broad SMARTS) is 1. The van der Waals surface area contributed by atoms with Crippen molar-refractivity contribution >= 4 is 23.2 Å². The summed E-state index contributed by atoms with van der Waals surface area (Å²) in [5.41, 5.74) is 1.33. The lowest BCUT2D eigenvalue weighted by Gasteiger charge is -2.17. The summed E-state index contributed by atoms with van der Waals surface area (Å²) in [5.74, 6) is -1.97. The first-order valence-corrected chi connectivity index (χ1v) is 7.97. The number of carbonyl (C=O) groups is 2. The number of carboxylic acids is 1. The van der Waals surface area contributed by atoms with Crippen molar-refractivity contribution in [2.45, 2.75) is 26.3 Å². The molecule has 0 aliphatic carbocycles. The molecular weight excluding hydrogens is 319 g/mol. The lowest BCUT2D eigenvalue weighted by molar-refractivity contribution is -0.143. The van der Waals surface area contributed by atoms with Crippen molar-refractivity contribution in [2.75, 3.05) is 0 Å². The minimum atomic E-state index is -1.06. The van der Waals surface area contributed by atoms with Gasteiger partial charge < -0.3 is 10.4 Å². The SMILES string of the molecule is CC(C)[C@H](NC(=O)Cc1csc(-c2ccc(F)cc2)n1)C(=O)O. The number of aromatic nitrogens is 1. The van der Waals surface area contributed by atoms with Gasteiger partial charge in [-0.15, -0.1) is 11.3 Å². The third-order valence-corrected chi connectivity index (χ3v) is 4.17. The Morgan fingerprint density at radius 1 is 1.30 bits per heavy atom. The molecule has 0 fully saturated rings. The van der Waals surface area contributed by atoms with Gasteiger partial charge in [0.15, 0.2) is 0 Å². The van der Waals surface area contributed by atoms with E-state index < -0.39 is 12.0 Å². The van der Waals surface area contributed by atoms with E-state index in [2.05, 4.69) is 10.3 Å². The largest absolute Gasteiger partial charge is 0.480 e. The molecule has 1 heterocycles. The van der Waals surface area contributed by atoms with Crippen molar-refractivity contribution in [3.05, 3.63) is 41.2 Å². The van der Waals surface area contributed by atoms with Gasteiger partial charge in [0, 0.05) is 10.9 Å². The normalized spacial score (nSPS) is 12.2. The first-order chi connectivity index (χ1) is 10.9. The van der Waals surface area contributed by atoms with Crippen molar-refractivity contribution < 1.29 is 19.1 Å². The van der Waals surface area contributed by atoms with Crippen LogP contribution in [0.3, 0.4) is 0 Å². The zero-order chi connectivity index (χ0) is 17.0. The Balaban J connectivity index is 2.02. The van der Waals surface area contributed by atoms with Crippen molar-refractivity contribution in [3.63, 3.8) is 0 Å². The molecule has 0 aliphatic heterocycles. The predicted molar refractivity (Wildman–Crippen MR) is 85.6 cm³/mol. The molecule has 0 saturated carbocycles. The molecule has 0 radical (unpaired) electrons. The average Bonchev–Trinajstić information content (AvgIpc) is 2.93. The molecule has 23 heavy (non-hydrogen) atoms. The molecule has 0 spiro atoms. The van der Waals surface area contributed by atoms with Gasteiger partial charge in [-0.1, -0.05) is 13.8 Å². The Bertz CT molecular complexity index is 698. The molecule has 2 N–H and O–H groups in total. The molecule has 1 aromatic carbocycles. The van der Waals surface area contributed by atoms with Crippen LogP contribution in [0.1, 0.15) is 19.5 Å². The van der Waals surface area contributed by atoms with Crippen molar-refractivity contribution in [1.82, 2.24) is 10.3 Å².